The molecule has 1 aromatic carbocycles. The van der Waals surface area contributed by atoms with Crippen molar-refractivity contribution in [3.05, 3.63) is 42.5 Å². The predicted octanol–water partition coefficient (Wildman–Crippen LogP) is 3.78. The largest absolute Gasteiger partial charge is 0.489 e. The summed E-state index contributed by atoms with van der Waals surface area (Å²) in [6, 6.07) is 8.23. The quantitative estimate of drug-likeness (QED) is 0.752. The van der Waals surface area contributed by atoms with Gasteiger partial charge in [0.15, 0.2) is 0 Å². The molecule has 0 amide bonds. The molecule has 0 spiro atoms. The highest BCUT2D eigenvalue weighted by molar-refractivity contribution is 5.33. The van der Waals surface area contributed by atoms with Gasteiger partial charge in [0.1, 0.15) is 12.4 Å². The smallest absolute Gasteiger partial charge is 0.124 e. The average molecular weight is 259 g/mol. The number of benzene rings is 1. The van der Waals surface area contributed by atoms with Crippen molar-refractivity contribution >= 4 is 0 Å². The molecular weight excluding hydrogens is 234 g/mol. The normalized spacial score (nSPS) is 22.4. The molecule has 2 rings (SSSR count). The lowest BCUT2D eigenvalue weighted by molar-refractivity contribution is 0.357. The number of ether oxygens (including phenoxy) is 1. The van der Waals surface area contributed by atoms with Gasteiger partial charge in [-0.25, -0.2) is 0 Å². The van der Waals surface area contributed by atoms with Gasteiger partial charge in [-0.3, -0.25) is 0 Å². The van der Waals surface area contributed by atoms with E-state index >= 15 is 0 Å². The van der Waals surface area contributed by atoms with E-state index in [0.29, 0.717) is 6.61 Å². The van der Waals surface area contributed by atoms with E-state index in [4.69, 9.17) is 4.74 Å². The third kappa shape index (κ3) is 4.39. The maximum absolute atomic E-state index is 5.67. The van der Waals surface area contributed by atoms with E-state index in [1.807, 2.05) is 12.1 Å². The summed E-state index contributed by atoms with van der Waals surface area (Å²) in [6.45, 7) is 8.62. The van der Waals surface area contributed by atoms with Gasteiger partial charge in [-0.2, -0.15) is 0 Å². The maximum Gasteiger partial charge on any atom is 0.124 e. The third-order valence-corrected chi connectivity index (χ3v) is 3.88. The monoisotopic (exact) mass is 259 g/mol. The maximum atomic E-state index is 5.67. The van der Waals surface area contributed by atoms with Crippen molar-refractivity contribution in [3.8, 4) is 5.75 Å². The van der Waals surface area contributed by atoms with Gasteiger partial charge >= 0.3 is 0 Å². The lowest BCUT2D eigenvalue weighted by atomic mass is 10.1. The van der Waals surface area contributed by atoms with Gasteiger partial charge in [0.25, 0.3) is 0 Å². The van der Waals surface area contributed by atoms with E-state index in [9.17, 15) is 0 Å². The van der Waals surface area contributed by atoms with E-state index in [-0.39, 0.29) is 0 Å². The van der Waals surface area contributed by atoms with Gasteiger partial charge < -0.3 is 10.1 Å². The summed E-state index contributed by atoms with van der Waals surface area (Å²) in [6.07, 6.45) is 5.93. The summed E-state index contributed by atoms with van der Waals surface area (Å²) in [5.74, 6) is 2.74. The third-order valence-electron chi connectivity index (χ3n) is 3.88. The second-order valence-corrected chi connectivity index (χ2v) is 5.62. The summed E-state index contributed by atoms with van der Waals surface area (Å²) in [5, 5.41) is 3.58. The van der Waals surface area contributed by atoms with Crippen LogP contribution in [0, 0.1) is 11.8 Å². The predicted molar refractivity (Wildman–Crippen MR) is 80.3 cm³/mol. The Kier molecular flexibility index (Phi) is 5.46. The van der Waals surface area contributed by atoms with Crippen LogP contribution in [-0.4, -0.2) is 13.2 Å². The van der Waals surface area contributed by atoms with Crippen molar-refractivity contribution < 1.29 is 4.74 Å². The minimum absolute atomic E-state index is 0.567. The Morgan fingerprint density at radius 3 is 2.95 bits per heavy atom. The molecule has 1 aromatic rings. The van der Waals surface area contributed by atoms with Crippen LogP contribution in [0.3, 0.4) is 0 Å². The minimum atomic E-state index is 0.567. The molecule has 0 bridgehead atoms. The first-order valence-electron chi connectivity index (χ1n) is 7.32. The molecule has 1 fully saturated rings. The highest BCUT2D eigenvalue weighted by atomic mass is 16.5. The van der Waals surface area contributed by atoms with E-state index in [2.05, 4.69) is 31.0 Å². The second-order valence-electron chi connectivity index (χ2n) is 5.62. The molecule has 2 nitrogen and oxygen atoms in total. The molecule has 104 valence electrons. The molecule has 1 aliphatic carbocycles. The van der Waals surface area contributed by atoms with Crippen LogP contribution in [0.2, 0.25) is 0 Å². The standard InChI is InChI=1S/C17H25NO/c1-3-10-19-17-7-5-4-6-16(17)13-18-12-15-9-8-14(2)11-15/h3-7,14-15,18H,1,8-13H2,2H3. The second kappa shape index (κ2) is 7.34. The first kappa shape index (κ1) is 14.1. The van der Waals surface area contributed by atoms with Gasteiger partial charge in [0, 0.05) is 12.1 Å². The van der Waals surface area contributed by atoms with Crippen LogP contribution in [0.25, 0.3) is 0 Å². The molecule has 1 aliphatic rings. The van der Waals surface area contributed by atoms with Crippen molar-refractivity contribution in [2.75, 3.05) is 13.2 Å². The highest BCUT2D eigenvalue weighted by Gasteiger charge is 2.20. The van der Waals surface area contributed by atoms with E-state index in [1.165, 1.54) is 24.8 Å². The summed E-state index contributed by atoms with van der Waals surface area (Å²) in [5.41, 5.74) is 1.23. The Labute approximate surface area is 116 Å². The van der Waals surface area contributed by atoms with Crippen LogP contribution in [-0.2, 0) is 6.54 Å². The summed E-state index contributed by atoms with van der Waals surface area (Å²) in [4.78, 5) is 0. The Morgan fingerprint density at radius 1 is 1.37 bits per heavy atom. The van der Waals surface area contributed by atoms with E-state index in [1.54, 1.807) is 6.08 Å². The molecule has 0 radical (unpaired) electrons. The zero-order chi connectivity index (χ0) is 13.5. The van der Waals surface area contributed by atoms with Crippen molar-refractivity contribution in [1.29, 1.82) is 0 Å². The first-order valence-corrected chi connectivity index (χ1v) is 7.32. The van der Waals surface area contributed by atoms with Gasteiger partial charge in [0.2, 0.25) is 0 Å². The van der Waals surface area contributed by atoms with Crippen molar-refractivity contribution in [1.82, 2.24) is 5.32 Å². The Balaban J connectivity index is 1.80. The Morgan fingerprint density at radius 2 is 2.21 bits per heavy atom. The fourth-order valence-corrected chi connectivity index (χ4v) is 2.86. The highest BCUT2D eigenvalue weighted by Crippen LogP contribution is 2.29. The van der Waals surface area contributed by atoms with Gasteiger partial charge in [-0.1, -0.05) is 44.2 Å². The Hall–Kier alpha value is -1.28. The van der Waals surface area contributed by atoms with Crippen LogP contribution in [0.15, 0.2) is 36.9 Å². The zero-order valence-corrected chi connectivity index (χ0v) is 11.9. The number of hydrogen-bond donors (Lipinski definition) is 1. The van der Waals surface area contributed by atoms with Crippen LogP contribution >= 0.6 is 0 Å². The number of para-hydroxylation sites is 1. The molecule has 0 aliphatic heterocycles. The molecule has 1 N–H and O–H groups in total. The Bertz CT molecular complexity index is 402. The van der Waals surface area contributed by atoms with Gasteiger partial charge in [0.05, 0.1) is 0 Å². The molecular formula is C17H25NO. The molecule has 19 heavy (non-hydrogen) atoms. The van der Waals surface area contributed by atoms with E-state index < -0.39 is 0 Å². The average Bonchev–Trinajstić information content (AvgIpc) is 2.83. The van der Waals surface area contributed by atoms with Crippen LogP contribution in [0.1, 0.15) is 31.7 Å². The minimum Gasteiger partial charge on any atom is -0.489 e. The SMILES string of the molecule is C=CCOc1ccccc1CNCC1CCC(C)C1. The lowest BCUT2D eigenvalue weighted by Crippen LogP contribution is -2.21. The number of nitrogens with one attached hydrogen (secondary N) is 1. The van der Waals surface area contributed by atoms with Crippen molar-refractivity contribution in [2.45, 2.75) is 32.7 Å². The summed E-state index contributed by atoms with van der Waals surface area (Å²) < 4.78 is 5.67. The molecule has 2 heteroatoms. The van der Waals surface area contributed by atoms with Gasteiger partial charge in [-0.05, 0) is 37.3 Å². The molecule has 0 heterocycles. The summed E-state index contributed by atoms with van der Waals surface area (Å²) >= 11 is 0. The lowest BCUT2D eigenvalue weighted by Gasteiger charge is -2.13. The summed E-state index contributed by atoms with van der Waals surface area (Å²) in [7, 11) is 0. The molecule has 2 unspecified atom stereocenters. The zero-order valence-electron chi connectivity index (χ0n) is 11.9. The topological polar surface area (TPSA) is 21.3 Å². The van der Waals surface area contributed by atoms with Crippen LogP contribution < -0.4 is 10.1 Å². The van der Waals surface area contributed by atoms with Gasteiger partial charge in [-0.15, -0.1) is 0 Å². The van der Waals surface area contributed by atoms with Crippen molar-refractivity contribution in [2.24, 2.45) is 11.8 Å². The number of rotatable bonds is 7. The molecule has 0 aromatic heterocycles. The fraction of sp³-hybridized carbons (Fsp3) is 0.529. The number of hydrogen-bond acceptors (Lipinski definition) is 2. The van der Waals surface area contributed by atoms with Crippen LogP contribution in [0.4, 0.5) is 0 Å². The fourth-order valence-electron chi connectivity index (χ4n) is 2.86. The van der Waals surface area contributed by atoms with Crippen LogP contribution in [0.5, 0.6) is 5.75 Å². The first-order chi connectivity index (χ1) is 9.29. The molecule has 1 saturated carbocycles. The molecule has 0 saturated heterocycles. The van der Waals surface area contributed by atoms with Crippen molar-refractivity contribution in [3.63, 3.8) is 0 Å². The van der Waals surface area contributed by atoms with E-state index in [0.717, 1.165) is 30.7 Å². The molecule has 2 atom stereocenters.